The van der Waals surface area contributed by atoms with Crippen LogP contribution in [0.25, 0.3) is 0 Å². The third-order valence-electron chi connectivity index (χ3n) is 3.45. The molecule has 0 bridgehead atoms. The zero-order valence-electron chi connectivity index (χ0n) is 12.1. The molecule has 1 heterocycles. The Morgan fingerprint density at radius 3 is 2.35 bits per heavy atom. The summed E-state index contributed by atoms with van der Waals surface area (Å²) < 4.78 is 0. The van der Waals surface area contributed by atoms with E-state index < -0.39 is 0 Å². The topological polar surface area (TPSA) is 42.1 Å². The number of aromatic nitrogens is 1. The van der Waals surface area contributed by atoms with Crippen LogP contribution in [0.3, 0.4) is 0 Å². The largest absolute Gasteiger partial charge is 0.371 e. The molecule has 0 radical (unpaired) electrons. The lowest BCUT2D eigenvalue weighted by molar-refractivity contribution is 0.729. The molecule has 0 spiro atoms. The van der Waals surface area contributed by atoms with E-state index in [2.05, 4.69) is 53.2 Å². The maximum Gasteiger partial charge on any atom is 0.0366 e. The highest BCUT2D eigenvalue weighted by Gasteiger charge is 2.06. The summed E-state index contributed by atoms with van der Waals surface area (Å²) in [6, 6.07) is 12.9. The maximum atomic E-state index is 5.65. The summed E-state index contributed by atoms with van der Waals surface area (Å²) in [5.74, 6) is 0. The van der Waals surface area contributed by atoms with E-state index in [0.717, 1.165) is 32.5 Å². The fraction of sp³-hybridized carbons (Fsp3) is 0.353. The van der Waals surface area contributed by atoms with E-state index in [9.17, 15) is 0 Å². The number of nitrogens with zero attached hydrogens (tertiary/aromatic N) is 2. The van der Waals surface area contributed by atoms with E-state index in [4.69, 9.17) is 5.73 Å². The predicted octanol–water partition coefficient (Wildman–Crippen LogP) is 2.79. The molecule has 0 amide bonds. The fourth-order valence-corrected chi connectivity index (χ4v) is 2.22. The summed E-state index contributed by atoms with van der Waals surface area (Å²) in [6.45, 7) is 4.86. The predicted molar refractivity (Wildman–Crippen MR) is 85.0 cm³/mol. The highest BCUT2D eigenvalue weighted by atomic mass is 15.1. The van der Waals surface area contributed by atoms with Crippen molar-refractivity contribution in [2.45, 2.75) is 19.8 Å². The van der Waals surface area contributed by atoms with Crippen LogP contribution in [0.1, 0.15) is 17.5 Å². The molecular formula is C17H23N3. The number of hydrogen-bond acceptors (Lipinski definition) is 3. The third kappa shape index (κ3) is 4.35. The van der Waals surface area contributed by atoms with Gasteiger partial charge in [0.2, 0.25) is 0 Å². The highest BCUT2D eigenvalue weighted by Crippen LogP contribution is 2.16. The van der Waals surface area contributed by atoms with Gasteiger partial charge in [0.1, 0.15) is 0 Å². The molecule has 3 nitrogen and oxygen atoms in total. The Balaban J connectivity index is 2.01. The van der Waals surface area contributed by atoms with E-state index >= 15 is 0 Å². The fourth-order valence-electron chi connectivity index (χ4n) is 2.22. The van der Waals surface area contributed by atoms with Crippen molar-refractivity contribution in [2.75, 3.05) is 24.5 Å². The highest BCUT2D eigenvalue weighted by molar-refractivity contribution is 5.47. The summed E-state index contributed by atoms with van der Waals surface area (Å²) in [6.07, 6.45) is 5.75. The maximum absolute atomic E-state index is 5.65. The molecule has 0 unspecified atom stereocenters. The summed E-state index contributed by atoms with van der Waals surface area (Å²) in [7, 11) is 0. The second-order valence-corrected chi connectivity index (χ2v) is 5.07. The average molecular weight is 269 g/mol. The lowest BCUT2D eigenvalue weighted by Gasteiger charge is -2.25. The zero-order chi connectivity index (χ0) is 14.2. The van der Waals surface area contributed by atoms with E-state index in [1.165, 1.54) is 16.8 Å². The Labute approximate surface area is 121 Å². The lowest BCUT2D eigenvalue weighted by atomic mass is 10.1. The minimum atomic E-state index is 0.734. The van der Waals surface area contributed by atoms with Crippen LogP contribution in [0.2, 0.25) is 0 Å². The number of nitrogens with two attached hydrogens (primary N) is 1. The van der Waals surface area contributed by atoms with E-state index in [-0.39, 0.29) is 0 Å². The Kier molecular flexibility index (Phi) is 5.56. The van der Waals surface area contributed by atoms with Gasteiger partial charge in [-0.05, 0) is 56.1 Å². The van der Waals surface area contributed by atoms with Crippen LogP contribution in [-0.4, -0.2) is 24.6 Å². The minimum absolute atomic E-state index is 0.734. The molecule has 1 aromatic carbocycles. The van der Waals surface area contributed by atoms with Gasteiger partial charge >= 0.3 is 0 Å². The summed E-state index contributed by atoms with van der Waals surface area (Å²) in [4.78, 5) is 6.47. The Bertz CT molecular complexity index is 493. The number of anilines is 1. The van der Waals surface area contributed by atoms with Gasteiger partial charge in [0.25, 0.3) is 0 Å². The Morgan fingerprint density at radius 2 is 1.70 bits per heavy atom. The van der Waals surface area contributed by atoms with E-state index in [1.54, 1.807) is 0 Å². The van der Waals surface area contributed by atoms with Crippen LogP contribution in [0.5, 0.6) is 0 Å². The molecule has 0 saturated heterocycles. The normalized spacial score (nSPS) is 10.5. The lowest BCUT2D eigenvalue weighted by Crippen LogP contribution is -2.28. The van der Waals surface area contributed by atoms with Gasteiger partial charge in [0, 0.05) is 31.2 Å². The summed E-state index contributed by atoms with van der Waals surface area (Å²) in [5.41, 5.74) is 9.54. The van der Waals surface area contributed by atoms with Gasteiger partial charge in [-0.25, -0.2) is 0 Å². The number of pyridine rings is 1. The van der Waals surface area contributed by atoms with Crippen LogP contribution < -0.4 is 10.6 Å². The molecule has 2 aromatic rings. The smallest absolute Gasteiger partial charge is 0.0366 e. The van der Waals surface area contributed by atoms with Crippen LogP contribution in [-0.2, 0) is 6.42 Å². The van der Waals surface area contributed by atoms with Crippen molar-refractivity contribution in [2.24, 2.45) is 5.73 Å². The van der Waals surface area contributed by atoms with E-state index in [1.807, 2.05) is 12.4 Å². The molecule has 0 saturated carbocycles. The molecular weight excluding hydrogens is 246 g/mol. The van der Waals surface area contributed by atoms with Crippen LogP contribution in [0.15, 0.2) is 48.8 Å². The molecule has 3 heteroatoms. The van der Waals surface area contributed by atoms with Gasteiger partial charge in [0.05, 0.1) is 0 Å². The minimum Gasteiger partial charge on any atom is -0.371 e. The Hall–Kier alpha value is -1.87. The molecule has 20 heavy (non-hydrogen) atoms. The van der Waals surface area contributed by atoms with Gasteiger partial charge in [-0.2, -0.15) is 0 Å². The van der Waals surface area contributed by atoms with Crippen LogP contribution in [0.4, 0.5) is 5.69 Å². The Morgan fingerprint density at radius 1 is 1.00 bits per heavy atom. The monoisotopic (exact) mass is 269 g/mol. The first-order chi connectivity index (χ1) is 9.79. The number of rotatable bonds is 7. The van der Waals surface area contributed by atoms with Crippen molar-refractivity contribution < 1.29 is 0 Å². The van der Waals surface area contributed by atoms with Gasteiger partial charge in [0.15, 0.2) is 0 Å². The van der Waals surface area contributed by atoms with E-state index in [0.29, 0.717) is 0 Å². The molecule has 0 atom stereocenters. The molecule has 2 N–H and O–H groups in total. The molecule has 0 aliphatic heterocycles. The van der Waals surface area contributed by atoms with Gasteiger partial charge in [-0.3, -0.25) is 4.98 Å². The van der Waals surface area contributed by atoms with Crippen molar-refractivity contribution in [1.82, 2.24) is 4.98 Å². The molecule has 2 rings (SSSR count). The average Bonchev–Trinajstić information content (AvgIpc) is 2.50. The zero-order valence-corrected chi connectivity index (χ0v) is 12.1. The van der Waals surface area contributed by atoms with Gasteiger partial charge < -0.3 is 10.6 Å². The number of hydrogen-bond donors (Lipinski definition) is 1. The second kappa shape index (κ2) is 7.65. The standard InChI is InChI=1S/C17H23N3/c1-15-3-5-17(6-4-15)20(13-2-10-18)14-9-16-7-11-19-12-8-16/h3-8,11-12H,2,9-10,13-14,18H2,1H3. The van der Waals surface area contributed by atoms with Crippen LogP contribution in [0, 0.1) is 6.92 Å². The first-order valence-electron chi connectivity index (χ1n) is 7.20. The van der Waals surface area contributed by atoms with Crippen molar-refractivity contribution in [3.8, 4) is 0 Å². The number of aryl methyl sites for hydroxylation is 1. The molecule has 0 fully saturated rings. The van der Waals surface area contributed by atoms with Crippen LogP contribution >= 0.6 is 0 Å². The van der Waals surface area contributed by atoms with Gasteiger partial charge in [-0.15, -0.1) is 0 Å². The molecule has 0 aliphatic carbocycles. The molecule has 0 aliphatic rings. The first-order valence-corrected chi connectivity index (χ1v) is 7.20. The summed E-state index contributed by atoms with van der Waals surface area (Å²) in [5, 5.41) is 0. The van der Waals surface area contributed by atoms with Gasteiger partial charge in [-0.1, -0.05) is 17.7 Å². The quantitative estimate of drug-likeness (QED) is 0.840. The van der Waals surface area contributed by atoms with Crippen molar-refractivity contribution in [1.29, 1.82) is 0 Å². The summed E-state index contributed by atoms with van der Waals surface area (Å²) >= 11 is 0. The number of benzene rings is 1. The molecule has 106 valence electrons. The van der Waals surface area contributed by atoms with Crippen molar-refractivity contribution in [3.05, 3.63) is 59.9 Å². The van der Waals surface area contributed by atoms with Crippen molar-refractivity contribution in [3.63, 3.8) is 0 Å². The first kappa shape index (κ1) is 14.5. The second-order valence-electron chi connectivity index (χ2n) is 5.07. The third-order valence-corrected chi connectivity index (χ3v) is 3.45. The molecule has 1 aromatic heterocycles. The van der Waals surface area contributed by atoms with Crippen molar-refractivity contribution >= 4 is 5.69 Å². The SMILES string of the molecule is Cc1ccc(N(CCCN)CCc2ccncc2)cc1.